The number of nitrogens with zero attached hydrogens (tertiary/aromatic N) is 1. The highest BCUT2D eigenvalue weighted by atomic mass is 16.1. The molecule has 0 amide bonds. The Morgan fingerprint density at radius 2 is 1.90 bits per heavy atom. The van der Waals surface area contributed by atoms with Crippen LogP contribution in [0.3, 0.4) is 0 Å². The summed E-state index contributed by atoms with van der Waals surface area (Å²) in [7, 11) is 0. The smallest absolute Gasteiger partial charge is 0.261 e. The summed E-state index contributed by atoms with van der Waals surface area (Å²) in [5.41, 5.74) is 0.163. The minimum absolute atomic E-state index is 0.0346. The average Bonchev–Trinajstić information content (AvgIpc) is 2.38. The Morgan fingerprint density at radius 3 is 2.50 bits per heavy atom. The molecule has 2 rings (SSSR count). The Kier molecular flexibility index (Phi) is 4.46. The Hall–Kier alpha value is -1.38. The first-order valence-electron chi connectivity index (χ1n) is 7.63. The first-order valence-corrected chi connectivity index (χ1v) is 7.63. The van der Waals surface area contributed by atoms with Crippen LogP contribution in [0.4, 0.5) is 0 Å². The second kappa shape index (κ2) is 5.94. The molecule has 0 aliphatic heterocycles. The fourth-order valence-corrected chi connectivity index (χ4v) is 2.95. The van der Waals surface area contributed by atoms with Crippen LogP contribution in [0.15, 0.2) is 23.1 Å². The van der Waals surface area contributed by atoms with E-state index in [1.807, 2.05) is 33.0 Å². The number of rotatable bonds is 3. The Bertz CT molecular complexity index is 531. The van der Waals surface area contributed by atoms with Crippen LogP contribution in [0.2, 0.25) is 0 Å². The van der Waals surface area contributed by atoms with E-state index < -0.39 is 0 Å². The van der Waals surface area contributed by atoms with Gasteiger partial charge in [0.05, 0.1) is 5.56 Å². The van der Waals surface area contributed by atoms with Gasteiger partial charge in [0, 0.05) is 18.7 Å². The molecule has 0 spiro atoms. The van der Waals surface area contributed by atoms with E-state index in [-0.39, 0.29) is 22.8 Å². The third-order valence-electron chi connectivity index (χ3n) is 3.93. The van der Waals surface area contributed by atoms with E-state index in [4.69, 9.17) is 0 Å². The van der Waals surface area contributed by atoms with Gasteiger partial charge in [-0.05, 0) is 30.4 Å². The summed E-state index contributed by atoms with van der Waals surface area (Å²) < 4.78 is 1.79. The number of ketones is 1. The van der Waals surface area contributed by atoms with Crippen LogP contribution in [0.1, 0.15) is 75.7 Å². The van der Waals surface area contributed by atoms with E-state index >= 15 is 0 Å². The van der Waals surface area contributed by atoms with Crippen molar-refractivity contribution in [2.45, 2.75) is 65.3 Å². The molecular formula is C17H25NO2. The molecule has 1 saturated carbocycles. The topological polar surface area (TPSA) is 39.1 Å². The maximum absolute atomic E-state index is 12.5. The van der Waals surface area contributed by atoms with Gasteiger partial charge in [-0.2, -0.15) is 0 Å². The zero-order valence-electron chi connectivity index (χ0n) is 12.8. The van der Waals surface area contributed by atoms with Gasteiger partial charge in [-0.3, -0.25) is 9.59 Å². The molecule has 0 N–H and O–H groups in total. The van der Waals surface area contributed by atoms with Crippen LogP contribution in [-0.4, -0.2) is 10.4 Å². The van der Waals surface area contributed by atoms with Gasteiger partial charge in [-0.15, -0.1) is 0 Å². The first kappa shape index (κ1) is 15.0. The molecule has 0 unspecified atom stereocenters. The van der Waals surface area contributed by atoms with Crippen molar-refractivity contribution >= 4 is 5.78 Å². The molecule has 3 nitrogen and oxygen atoms in total. The summed E-state index contributed by atoms with van der Waals surface area (Å²) in [5.74, 6) is -0.0346. The third kappa shape index (κ3) is 3.59. The fourth-order valence-electron chi connectivity index (χ4n) is 2.95. The maximum atomic E-state index is 12.5. The molecule has 1 aliphatic carbocycles. The number of Topliss-reactive ketones (excluding diaryl/α,β-unsaturated/α-hetero) is 1. The average molecular weight is 275 g/mol. The summed E-state index contributed by atoms with van der Waals surface area (Å²) in [6, 6.07) is 3.79. The van der Waals surface area contributed by atoms with Crippen molar-refractivity contribution in [2.75, 3.05) is 0 Å². The predicted molar refractivity (Wildman–Crippen MR) is 81.2 cm³/mol. The van der Waals surface area contributed by atoms with Gasteiger partial charge in [0.2, 0.25) is 0 Å². The van der Waals surface area contributed by atoms with E-state index in [0.29, 0.717) is 12.0 Å². The third-order valence-corrected chi connectivity index (χ3v) is 3.93. The van der Waals surface area contributed by atoms with Crippen molar-refractivity contribution < 1.29 is 4.79 Å². The van der Waals surface area contributed by atoms with E-state index in [1.165, 1.54) is 19.3 Å². The second-order valence-corrected chi connectivity index (χ2v) is 7.09. The Balaban J connectivity index is 2.27. The van der Waals surface area contributed by atoms with Crippen LogP contribution in [0, 0.1) is 5.41 Å². The van der Waals surface area contributed by atoms with E-state index in [9.17, 15) is 9.59 Å². The van der Waals surface area contributed by atoms with Gasteiger partial charge in [0.1, 0.15) is 0 Å². The number of aromatic nitrogens is 1. The minimum Gasteiger partial charge on any atom is -0.312 e. The highest BCUT2D eigenvalue weighted by molar-refractivity contribution is 5.96. The van der Waals surface area contributed by atoms with Gasteiger partial charge >= 0.3 is 0 Å². The molecule has 0 atom stereocenters. The normalized spacial score (nSPS) is 17.1. The Labute approximate surface area is 121 Å². The van der Waals surface area contributed by atoms with Crippen LogP contribution >= 0.6 is 0 Å². The molecule has 1 fully saturated rings. The monoisotopic (exact) mass is 275 g/mol. The van der Waals surface area contributed by atoms with Gasteiger partial charge in [-0.25, -0.2) is 0 Å². The summed E-state index contributed by atoms with van der Waals surface area (Å²) in [4.78, 5) is 24.8. The molecule has 20 heavy (non-hydrogen) atoms. The van der Waals surface area contributed by atoms with E-state index in [2.05, 4.69) is 0 Å². The maximum Gasteiger partial charge on any atom is 0.261 e. The molecule has 0 aromatic carbocycles. The van der Waals surface area contributed by atoms with Crippen molar-refractivity contribution in [3.8, 4) is 0 Å². The number of pyridine rings is 1. The molecule has 0 radical (unpaired) electrons. The van der Waals surface area contributed by atoms with Gasteiger partial charge in [0.15, 0.2) is 5.78 Å². The second-order valence-electron chi connectivity index (χ2n) is 7.09. The lowest BCUT2D eigenvalue weighted by Gasteiger charge is -2.24. The minimum atomic E-state index is -0.103. The van der Waals surface area contributed by atoms with Crippen LogP contribution in [0.25, 0.3) is 0 Å². The molecule has 1 aromatic heterocycles. The zero-order chi connectivity index (χ0) is 14.8. The SMILES string of the molecule is CC(C)(C)CC(=O)c1cccn(C2CCCCC2)c1=O. The van der Waals surface area contributed by atoms with Crippen molar-refractivity contribution in [3.05, 3.63) is 34.2 Å². The lowest BCUT2D eigenvalue weighted by Crippen LogP contribution is -2.30. The fraction of sp³-hybridized carbons (Fsp3) is 0.647. The quantitative estimate of drug-likeness (QED) is 0.783. The number of carbonyl (C=O) groups excluding carboxylic acids is 1. The highest BCUT2D eigenvalue weighted by Crippen LogP contribution is 2.27. The van der Waals surface area contributed by atoms with Crippen molar-refractivity contribution in [1.29, 1.82) is 0 Å². The van der Waals surface area contributed by atoms with Crippen LogP contribution in [-0.2, 0) is 0 Å². The first-order chi connectivity index (χ1) is 9.38. The molecule has 1 aliphatic rings. The molecule has 1 aromatic rings. The highest BCUT2D eigenvalue weighted by Gasteiger charge is 2.22. The molecule has 0 saturated heterocycles. The molecule has 110 valence electrons. The van der Waals surface area contributed by atoms with Crippen LogP contribution in [0.5, 0.6) is 0 Å². The summed E-state index contributed by atoms with van der Waals surface area (Å²) in [6.45, 7) is 6.06. The number of carbonyl (C=O) groups is 1. The van der Waals surface area contributed by atoms with E-state index in [0.717, 1.165) is 12.8 Å². The summed E-state index contributed by atoms with van der Waals surface area (Å²) >= 11 is 0. The predicted octanol–water partition coefficient (Wildman–Crippen LogP) is 3.97. The van der Waals surface area contributed by atoms with Crippen molar-refractivity contribution in [3.63, 3.8) is 0 Å². The zero-order valence-corrected chi connectivity index (χ0v) is 12.8. The lowest BCUT2D eigenvalue weighted by atomic mass is 9.88. The van der Waals surface area contributed by atoms with Crippen molar-refractivity contribution in [2.24, 2.45) is 5.41 Å². The van der Waals surface area contributed by atoms with Crippen molar-refractivity contribution in [1.82, 2.24) is 4.57 Å². The van der Waals surface area contributed by atoms with Gasteiger partial charge in [-0.1, -0.05) is 40.0 Å². The Morgan fingerprint density at radius 1 is 1.25 bits per heavy atom. The number of hydrogen-bond acceptors (Lipinski definition) is 2. The molecule has 3 heteroatoms. The summed E-state index contributed by atoms with van der Waals surface area (Å²) in [5, 5.41) is 0. The van der Waals surface area contributed by atoms with Gasteiger partial charge in [0.25, 0.3) is 5.56 Å². The molecule has 0 bridgehead atoms. The molecule has 1 heterocycles. The molecular weight excluding hydrogens is 250 g/mol. The number of hydrogen-bond donors (Lipinski definition) is 0. The lowest BCUT2D eigenvalue weighted by molar-refractivity contribution is 0.0937. The summed E-state index contributed by atoms with van der Waals surface area (Å²) in [6.07, 6.45) is 7.97. The largest absolute Gasteiger partial charge is 0.312 e. The van der Waals surface area contributed by atoms with Gasteiger partial charge < -0.3 is 4.57 Å². The van der Waals surface area contributed by atoms with E-state index in [1.54, 1.807) is 10.6 Å². The standard InChI is InChI=1S/C17H25NO2/c1-17(2,3)12-15(19)14-10-7-11-18(16(14)20)13-8-5-4-6-9-13/h7,10-11,13H,4-6,8-9,12H2,1-3H3. The van der Waals surface area contributed by atoms with Crippen LogP contribution < -0.4 is 5.56 Å².